The van der Waals surface area contributed by atoms with Gasteiger partial charge in [-0.15, -0.1) is 0 Å². The van der Waals surface area contributed by atoms with Crippen LogP contribution in [-0.4, -0.2) is 31.6 Å². The maximum Gasteiger partial charge on any atom is 0.0231 e. The molecule has 0 aliphatic heterocycles. The Morgan fingerprint density at radius 1 is 1.11 bits per heavy atom. The average molecular weight is 248 g/mol. The minimum absolute atomic E-state index is 0.826. The summed E-state index contributed by atoms with van der Waals surface area (Å²) in [5, 5.41) is 3.52. The van der Waals surface area contributed by atoms with Crippen LogP contribution in [0.3, 0.4) is 0 Å². The van der Waals surface area contributed by atoms with E-state index in [-0.39, 0.29) is 0 Å². The van der Waals surface area contributed by atoms with E-state index in [1.807, 2.05) is 0 Å². The largest absolute Gasteiger partial charge is 0.315 e. The number of nitrogens with one attached hydrogen (secondary N) is 1. The van der Waals surface area contributed by atoms with Gasteiger partial charge in [-0.25, -0.2) is 0 Å². The van der Waals surface area contributed by atoms with Crippen LogP contribution in [0.4, 0.5) is 0 Å². The van der Waals surface area contributed by atoms with E-state index < -0.39 is 0 Å². The quantitative estimate of drug-likeness (QED) is 0.675. The monoisotopic (exact) mass is 248 g/mol. The fourth-order valence-corrected chi connectivity index (χ4v) is 2.00. The molecule has 0 fully saturated rings. The number of likely N-dealkylation sites (N-methyl/N-ethyl adjacent to an activating group) is 1. The highest BCUT2D eigenvalue weighted by molar-refractivity contribution is 5.14. The van der Waals surface area contributed by atoms with E-state index in [0.717, 1.165) is 32.1 Å². The van der Waals surface area contributed by atoms with Gasteiger partial charge in [0, 0.05) is 19.6 Å². The van der Waals surface area contributed by atoms with Crippen molar-refractivity contribution < 1.29 is 0 Å². The lowest BCUT2D eigenvalue weighted by Crippen LogP contribution is -2.29. The topological polar surface area (TPSA) is 15.3 Å². The Morgan fingerprint density at radius 3 is 2.50 bits per heavy atom. The number of hydrogen-bond acceptors (Lipinski definition) is 2. The SMILES string of the molecule is CC(C)CCCNCCN(C)Cc1ccccc1. The van der Waals surface area contributed by atoms with Crippen molar-refractivity contribution in [1.82, 2.24) is 10.2 Å². The molecule has 0 aliphatic carbocycles. The first kappa shape index (κ1) is 15.2. The van der Waals surface area contributed by atoms with E-state index in [0.29, 0.717) is 0 Å². The summed E-state index contributed by atoms with van der Waals surface area (Å²) < 4.78 is 0. The third kappa shape index (κ3) is 7.46. The lowest BCUT2D eigenvalue weighted by atomic mass is 10.1. The average Bonchev–Trinajstić information content (AvgIpc) is 2.34. The van der Waals surface area contributed by atoms with E-state index in [1.165, 1.54) is 18.4 Å². The molecule has 1 rings (SSSR count). The fraction of sp³-hybridized carbons (Fsp3) is 0.625. The number of nitrogens with zero attached hydrogens (tertiary/aromatic N) is 1. The highest BCUT2D eigenvalue weighted by Gasteiger charge is 1.99. The van der Waals surface area contributed by atoms with E-state index in [1.54, 1.807) is 0 Å². The zero-order valence-corrected chi connectivity index (χ0v) is 12.2. The second kappa shape index (κ2) is 9.12. The van der Waals surface area contributed by atoms with Gasteiger partial charge in [0.25, 0.3) is 0 Å². The van der Waals surface area contributed by atoms with Crippen LogP contribution in [0.2, 0.25) is 0 Å². The summed E-state index contributed by atoms with van der Waals surface area (Å²) in [5.41, 5.74) is 1.39. The molecule has 0 radical (unpaired) electrons. The Labute approximate surface area is 112 Å². The molecule has 0 bridgehead atoms. The van der Waals surface area contributed by atoms with Crippen LogP contribution in [0, 0.1) is 5.92 Å². The molecule has 0 amide bonds. The maximum absolute atomic E-state index is 3.52. The van der Waals surface area contributed by atoms with Gasteiger partial charge in [-0.3, -0.25) is 0 Å². The molecule has 0 spiro atoms. The predicted molar refractivity (Wildman–Crippen MR) is 79.7 cm³/mol. The standard InChI is InChI=1S/C16H28N2/c1-15(2)8-7-11-17-12-13-18(3)14-16-9-5-4-6-10-16/h4-6,9-10,15,17H,7-8,11-14H2,1-3H3. The van der Waals surface area contributed by atoms with Gasteiger partial charge >= 0.3 is 0 Å². The van der Waals surface area contributed by atoms with Crippen molar-refractivity contribution in [2.24, 2.45) is 5.92 Å². The highest BCUT2D eigenvalue weighted by Crippen LogP contribution is 2.02. The van der Waals surface area contributed by atoms with Crippen molar-refractivity contribution in [2.45, 2.75) is 33.2 Å². The molecular formula is C16H28N2. The van der Waals surface area contributed by atoms with E-state index >= 15 is 0 Å². The van der Waals surface area contributed by atoms with Crippen molar-refractivity contribution in [2.75, 3.05) is 26.7 Å². The Bertz CT molecular complexity index is 295. The summed E-state index contributed by atoms with van der Waals surface area (Å²) in [6, 6.07) is 10.7. The molecule has 2 heteroatoms. The van der Waals surface area contributed by atoms with Crippen LogP contribution in [0.15, 0.2) is 30.3 Å². The van der Waals surface area contributed by atoms with Crippen LogP contribution in [0.1, 0.15) is 32.3 Å². The molecule has 2 nitrogen and oxygen atoms in total. The highest BCUT2D eigenvalue weighted by atomic mass is 15.1. The van der Waals surface area contributed by atoms with Crippen LogP contribution in [0.5, 0.6) is 0 Å². The molecule has 0 aromatic heterocycles. The van der Waals surface area contributed by atoms with Crippen molar-refractivity contribution in [3.05, 3.63) is 35.9 Å². The first-order valence-electron chi connectivity index (χ1n) is 7.11. The van der Waals surface area contributed by atoms with Crippen LogP contribution >= 0.6 is 0 Å². The molecule has 0 aliphatic rings. The van der Waals surface area contributed by atoms with Gasteiger partial charge in [0.2, 0.25) is 0 Å². The lowest BCUT2D eigenvalue weighted by Gasteiger charge is -2.17. The van der Waals surface area contributed by atoms with Crippen molar-refractivity contribution >= 4 is 0 Å². The lowest BCUT2D eigenvalue weighted by molar-refractivity contribution is 0.323. The molecule has 102 valence electrons. The zero-order chi connectivity index (χ0) is 13.2. The van der Waals surface area contributed by atoms with Gasteiger partial charge in [-0.1, -0.05) is 44.2 Å². The molecule has 0 saturated carbocycles. The number of benzene rings is 1. The second-order valence-electron chi connectivity index (χ2n) is 5.51. The summed E-state index contributed by atoms with van der Waals surface area (Å²) in [4.78, 5) is 2.37. The Hall–Kier alpha value is -0.860. The summed E-state index contributed by atoms with van der Waals surface area (Å²) >= 11 is 0. The van der Waals surface area contributed by atoms with Gasteiger partial charge in [0.15, 0.2) is 0 Å². The van der Waals surface area contributed by atoms with Crippen LogP contribution in [0.25, 0.3) is 0 Å². The third-order valence-corrected chi connectivity index (χ3v) is 3.10. The van der Waals surface area contributed by atoms with Gasteiger partial charge in [0.1, 0.15) is 0 Å². The molecule has 1 aromatic carbocycles. The van der Waals surface area contributed by atoms with Crippen molar-refractivity contribution in [1.29, 1.82) is 0 Å². The molecule has 1 N–H and O–H groups in total. The van der Waals surface area contributed by atoms with Crippen LogP contribution in [-0.2, 0) is 6.54 Å². The van der Waals surface area contributed by atoms with E-state index in [9.17, 15) is 0 Å². The van der Waals surface area contributed by atoms with Crippen molar-refractivity contribution in [3.63, 3.8) is 0 Å². The van der Waals surface area contributed by atoms with Crippen LogP contribution < -0.4 is 5.32 Å². The Balaban J connectivity index is 2.02. The summed E-state index contributed by atoms with van der Waals surface area (Å²) in [7, 11) is 2.18. The molecule has 0 heterocycles. The summed E-state index contributed by atoms with van der Waals surface area (Å²) in [6.07, 6.45) is 2.62. The van der Waals surface area contributed by atoms with Gasteiger partial charge in [-0.2, -0.15) is 0 Å². The smallest absolute Gasteiger partial charge is 0.0231 e. The molecule has 1 aromatic rings. The minimum Gasteiger partial charge on any atom is -0.315 e. The first-order chi connectivity index (χ1) is 8.68. The first-order valence-corrected chi connectivity index (χ1v) is 7.11. The fourth-order valence-electron chi connectivity index (χ4n) is 2.00. The van der Waals surface area contributed by atoms with Gasteiger partial charge < -0.3 is 10.2 Å². The minimum atomic E-state index is 0.826. The van der Waals surface area contributed by atoms with E-state index in [2.05, 4.69) is 61.4 Å². The van der Waals surface area contributed by atoms with E-state index in [4.69, 9.17) is 0 Å². The number of hydrogen-bond donors (Lipinski definition) is 1. The van der Waals surface area contributed by atoms with Crippen molar-refractivity contribution in [3.8, 4) is 0 Å². The maximum atomic E-state index is 3.52. The summed E-state index contributed by atoms with van der Waals surface area (Å²) in [5.74, 6) is 0.826. The van der Waals surface area contributed by atoms with Gasteiger partial charge in [-0.05, 0) is 37.9 Å². The summed E-state index contributed by atoms with van der Waals surface area (Å²) in [6.45, 7) is 8.95. The normalized spacial score (nSPS) is 11.4. The molecule has 18 heavy (non-hydrogen) atoms. The molecular weight excluding hydrogens is 220 g/mol. The Kier molecular flexibility index (Phi) is 7.70. The number of rotatable bonds is 9. The predicted octanol–water partition coefficient (Wildman–Crippen LogP) is 3.14. The third-order valence-electron chi connectivity index (χ3n) is 3.10. The zero-order valence-electron chi connectivity index (χ0n) is 12.2. The Morgan fingerprint density at radius 2 is 1.83 bits per heavy atom. The molecule has 0 unspecified atom stereocenters. The van der Waals surface area contributed by atoms with Gasteiger partial charge in [0.05, 0.1) is 0 Å². The second-order valence-corrected chi connectivity index (χ2v) is 5.51. The molecule has 0 atom stereocenters. The molecule has 0 saturated heterocycles.